The Bertz CT molecular complexity index is 458. The molecule has 1 aromatic heterocycles. The van der Waals surface area contributed by atoms with Gasteiger partial charge in [-0.05, 0) is 18.8 Å². The molecule has 0 spiro atoms. The van der Waals surface area contributed by atoms with Crippen molar-refractivity contribution in [1.29, 1.82) is 5.26 Å². The van der Waals surface area contributed by atoms with Crippen molar-refractivity contribution >= 4 is 11.8 Å². The number of nitrogens with zero attached hydrogens (tertiary/aromatic N) is 4. The first-order valence-corrected chi connectivity index (χ1v) is 5.88. The Morgan fingerprint density at radius 3 is 2.67 bits per heavy atom. The molecule has 0 radical (unpaired) electrons. The molecule has 94 valence electrons. The minimum absolute atomic E-state index is 0.243. The number of hydrogen-bond donors (Lipinski definition) is 1. The van der Waals surface area contributed by atoms with Crippen molar-refractivity contribution < 1.29 is 9.90 Å². The van der Waals surface area contributed by atoms with Crippen molar-refractivity contribution in [1.82, 2.24) is 9.97 Å². The summed E-state index contributed by atoms with van der Waals surface area (Å²) in [6.07, 6.45) is 5.00. The zero-order valence-corrected chi connectivity index (χ0v) is 9.91. The molecule has 6 nitrogen and oxygen atoms in total. The maximum Gasteiger partial charge on any atom is 0.303 e. The van der Waals surface area contributed by atoms with Crippen LogP contribution in [0.2, 0.25) is 0 Å². The smallest absolute Gasteiger partial charge is 0.303 e. The first kappa shape index (κ1) is 12.3. The van der Waals surface area contributed by atoms with Gasteiger partial charge in [0.25, 0.3) is 0 Å². The highest BCUT2D eigenvalue weighted by atomic mass is 16.4. The molecule has 18 heavy (non-hydrogen) atoms. The second kappa shape index (κ2) is 5.45. The van der Waals surface area contributed by atoms with Crippen molar-refractivity contribution in [2.24, 2.45) is 5.92 Å². The highest BCUT2D eigenvalue weighted by molar-refractivity contribution is 5.67. The predicted molar refractivity (Wildman–Crippen MR) is 63.9 cm³/mol. The molecule has 1 fully saturated rings. The molecule has 0 atom stereocenters. The average Bonchev–Trinajstić information content (AvgIpc) is 2.39. The average molecular weight is 246 g/mol. The lowest BCUT2D eigenvalue weighted by atomic mass is 9.94. The fraction of sp³-hybridized carbons (Fsp3) is 0.500. The van der Waals surface area contributed by atoms with Gasteiger partial charge in [-0.15, -0.1) is 0 Å². The molecule has 0 aromatic carbocycles. The molecule has 0 saturated carbocycles. The standard InChI is InChI=1S/C12H14N4O2/c13-6-10-7-15-11(8-14-10)16-3-1-9(2-4-16)5-12(17)18/h7-9H,1-5H2,(H,17,18). The molecule has 0 amide bonds. The molecule has 1 aliphatic heterocycles. The van der Waals surface area contributed by atoms with Crippen LogP contribution >= 0.6 is 0 Å². The van der Waals surface area contributed by atoms with E-state index < -0.39 is 5.97 Å². The summed E-state index contributed by atoms with van der Waals surface area (Å²) >= 11 is 0. The third-order valence-corrected chi connectivity index (χ3v) is 3.15. The van der Waals surface area contributed by atoms with Gasteiger partial charge in [0.1, 0.15) is 11.9 Å². The monoisotopic (exact) mass is 246 g/mol. The lowest BCUT2D eigenvalue weighted by Gasteiger charge is -2.31. The van der Waals surface area contributed by atoms with E-state index >= 15 is 0 Å². The second-order valence-electron chi connectivity index (χ2n) is 4.40. The number of nitriles is 1. The fourth-order valence-corrected chi connectivity index (χ4v) is 2.16. The normalized spacial score (nSPS) is 16.3. The maximum atomic E-state index is 10.6. The number of carboxylic acids is 1. The van der Waals surface area contributed by atoms with Gasteiger partial charge in [0.05, 0.1) is 12.4 Å². The molecule has 6 heteroatoms. The quantitative estimate of drug-likeness (QED) is 0.857. The van der Waals surface area contributed by atoms with Crippen molar-refractivity contribution in [3.8, 4) is 6.07 Å². The van der Waals surface area contributed by atoms with Gasteiger partial charge in [0, 0.05) is 19.5 Å². The van der Waals surface area contributed by atoms with Crippen LogP contribution in [0, 0.1) is 17.2 Å². The topological polar surface area (TPSA) is 90.1 Å². The van der Waals surface area contributed by atoms with E-state index in [2.05, 4.69) is 14.9 Å². The Kier molecular flexibility index (Phi) is 3.72. The van der Waals surface area contributed by atoms with E-state index in [1.54, 1.807) is 6.20 Å². The molecule has 1 N–H and O–H groups in total. The van der Waals surface area contributed by atoms with Crippen LogP contribution in [0.15, 0.2) is 12.4 Å². The molecule has 0 aliphatic carbocycles. The van der Waals surface area contributed by atoms with Crippen LogP contribution in [0.4, 0.5) is 5.82 Å². The number of anilines is 1. The van der Waals surface area contributed by atoms with E-state index in [1.165, 1.54) is 6.20 Å². The summed E-state index contributed by atoms with van der Waals surface area (Å²) in [7, 11) is 0. The van der Waals surface area contributed by atoms with Crippen LogP contribution in [0.5, 0.6) is 0 Å². The number of aliphatic carboxylic acids is 1. The number of aromatic nitrogens is 2. The van der Waals surface area contributed by atoms with Gasteiger partial charge < -0.3 is 10.0 Å². The van der Waals surface area contributed by atoms with Gasteiger partial charge in [-0.3, -0.25) is 4.79 Å². The Labute approximate surface area is 105 Å². The van der Waals surface area contributed by atoms with Crippen molar-refractivity contribution in [2.75, 3.05) is 18.0 Å². The largest absolute Gasteiger partial charge is 0.481 e. The van der Waals surface area contributed by atoms with E-state index in [-0.39, 0.29) is 12.3 Å². The molecule has 1 saturated heterocycles. The molecular formula is C12H14N4O2. The Morgan fingerprint density at radius 2 is 2.17 bits per heavy atom. The van der Waals surface area contributed by atoms with Crippen LogP contribution in [0.3, 0.4) is 0 Å². The lowest BCUT2D eigenvalue weighted by molar-refractivity contribution is -0.138. The zero-order chi connectivity index (χ0) is 13.0. The van der Waals surface area contributed by atoms with Crippen molar-refractivity contribution in [3.05, 3.63) is 18.1 Å². The predicted octanol–water partition coefficient (Wildman–Crippen LogP) is 1.04. The molecule has 2 heterocycles. The molecule has 1 aliphatic rings. The van der Waals surface area contributed by atoms with E-state index in [0.29, 0.717) is 5.69 Å². The van der Waals surface area contributed by atoms with Crippen molar-refractivity contribution in [3.63, 3.8) is 0 Å². The van der Waals surface area contributed by atoms with Crippen LogP contribution < -0.4 is 4.90 Å². The van der Waals surface area contributed by atoms with Crippen LogP contribution in [0.25, 0.3) is 0 Å². The zero-order valence-electron chi connectivity index (χ0n) is 9.91. The molecule has 0 bridgehead atoms. The highest BCUT2D eigenvalue weighted by Gasteiger charge is 2.22. The van der Waals surface area contributed by atoms with E-state index in [9.17, 15) is 4.79 Å². The van der Waals surface area contributed by atoms with Gasteiger partial charge in [-0.25, -0.2) is 9.97 Å². The summed E-state index contributed by atoms with van der Waals surface area (Å²) in [5.74, 6) is 0.277. The van der Waals surface area contributed by atoms with E-state index in [4.69, 9.17) is 10.4 Å². The number of piperidine rings is 1. The molecule has 2 rings (SSSR count). The summed E-state index contributed by atoms with van der Waals surface area (Å²) in [6, 6.07) is 1.93. The maximum absolute atomic E-state index is 10.6. The highest BCUT2D eigenvalue weighted by Crippen LogP contribution is 2.23. The summed E-state index contributed by atoms with van der Waals surface area (Å²) in [4.78, 5) is 20.9. The fourth-order valence-electron chi connectivity index (χ4n) is 2.16. The van der Waals surface area contributed by atoms with Gasteiger partial charge in [0.2, 0.25) is 0 Å². The van der Waals surface area contributed by atoms with Gasteiger partial charge >= 0.3 is 5.97 Å². The minimum Gasteiger partial charge on any atom is -0.481 e. The van der Waals surface area contributed by atoms with Crippen LogP contribution in [0.1, 0.15) is 25.0 Å². The molecular weight excluding hydrogens is 232 g/mol. The van der Waals surface area contributed by atoms with Gasteiger partial charge in [0.15, 0.2) is 5.69 Å². The number of carbonyl (C=O) groups is 1. The van der Waals surface area contributed by atoms with Crippen LogP contribution in [-0.2, 0) is 4.79 Å². The first-order valence-electron chi connectivity index (χ1n) is 5.88. The summed E-state index contributed by atoms with van der Waals surface area (Å²) < 4.78 is 0. The Balaban J connectivity index is 1.93. The molecule has 1 aromatic rings. The summed E-state index contributed by atoms with van der Waals surface area (Å²) in [5.41, 5.74) is 0.305. The van der Waals surface area contributed by atoms with E-state index in [0.717, 1.165) is 31.7 Å². The third-order valence-electron chi connectivity index (χ3n) is 3.15. The lowest BCUT2D eigenvalue weighted by Crippen LogP contribution is -2.35. The number of rotatable bonds is 3. The Morgan fingerprint density at radius 1 is 1.44 bits per heavy atom. The molecule has 0 unspecified atom stereocenters. The third kappa shape index (κ3) is 2.94. The van der Waals surface area contributed by atoms with E-state index in [1.807, 2.05) is 6.07 Å². The SMILES string of the molecule is N#Cc1cnc(N2CCC(CC(=O)O)CC2)cn1. The summed E-state index contributed by atoms with van der Waals surface area (Å²) in [6.45, 7) is 1.58. The van der Waals surface area contributed by atoms with Crippen molar-refractivity contribution in [2.45, 2.75) is 19.3 Å². The Hall–Kier alpha value is -2.16. The number of carboxylic acid groups (broad SMARTS) is 1. The number of hydrogen-bond acceptors (Lipinski definition) is 5. The minimum atomic E-state index is -0.730. The second-order valence-corrected chi connectivity index (χ2v) is 4.40. The van der Waals surface area contributed by atoms with Crippen LogP contribution in [-0.4, -0.2) is 34.1 Å². The summed E-state index contributed by atoms with van der Waals surface area (Å²) in [5, 5.41) is 17.4. The van der Waals surface area contributed by atoms with Gasteiger partial charge in [-0.1, -0.05) is 0 Å². The van der Waals surface area contributed by atoms with Gasteiger partial charge in [-0.2, -0.15) is 5.26 Å². The first-order chi connectivity index (χ1) is 8.69.